The van der Waals surface area contributed by atoms with Gasteiger partial charge in [0.05, 0.1) is 32.0 Å². The lowest BCUT2D eigenvalue weighted by Gasteiger charge is -2.40. The summed E-state index contributed by atoms with van der Waals surface area (Å²) in [5, 5.41) is 54.3. The minimum absolute atomic E-state index is 0.00949. The average molecular weight is 1190 g/mol. The lowest BCUT2D eigenvalue weighted by Crippen LogP contribution is -2.60. The van der Waals surface area contributed by atoms with Crippen LogP contribution in [-0.4, -0.2) is 100 Å². The standard InChI is InChI=1S/C73H137NO10/c1-3-5-7-9-11-13-14-15-38-41-45-49-53-57-61-69(78)82-62-58-54-50-46-42-39-36-34-32-30-28-26-24-22-20-18-16-17-19-21-23-25-27-29-31-33-35-37-40-44-48-52-56-60-68(77)74-65(66(76)59-55-51-47-43-12-10-8-6-4-2)64-83-73-72(81)71(80)70(79)67(63-75)84-73/h20,22,26,28,55,59,65-67,70-73,75-76,79-81H,3-19,21,23-25,27,29-54,56-58,60-64H2,1-2H3,(H,74,77)/b22-20-,28-26-,59-55+. The number of ether oxygens (including phenoxy) is 3. The van der Waals surface area contributed by atoms with Gasteiger partial charge in [0.25, 0.3) is 0 Å². The zero-order valence-electron chi connectivity index (χ0n) is 54.9. The molecule has 1 fully saturated rings. The Hall–Kier alpha value is -2.12. The molecule has 0 aromatic heterocycles. The van der Waals surface area contributed by atoms with Crippen LogP contribution in [0.1, 0.15) is 354 Å². The molecule has 0 bridgehead atoms. The number of amides is 1. The molecule has 7 atom stereocenters. The summed E-state index contributed by atoms with van der Waals surface area (Å²) < 4.78 is 16.7. The molecule has 84 heavy (non-hydrogen) atoms. The molecule has 0 aromatic rings. The van der Waals surface area contributed by atoms with E-state index in [1.165, 1.54) is 270 Å². The second-order valence-corrected chi connectivity index (χ2v) is 25.3. The highest BCUT2D eigenvalue weighted by molar-refractivity contribution is 5.76. The van der Waals surface area contributed by atoms with Gasteiger partial charge in [-0.1, -0.05) is 314 Å². The van der Waals surface area contributed by atoms with Crippen LogP contribution in [-0.2, 0) is 23.8 Å². The third-order valence-electron chi connectivity index (χ3n) is 17.2. The van der Waals surface area contributed by atoms with Gasteiger partial charge in [0, 0.05) is 12.8 Å². The maximum absolute atomic E-state index is 13.0. The lowest BCUT2D eigenvalue weighted by atomic mass is 9.99. The van der Waals surface area contributed by atoms with Crippen molar-refractivity contribution in [2.45, 2.75) is 397 Å². The minimum atomic E-state index is -1.57. The highest BCUT2D eigenvalue weighted by Gasteiger charge is 2.44. The van der Waals surface area contributed by atoms with Gasteiger partial charge in [0.2, 0.25) is 5.91 Å². The summed E-state index contributed by atoms with van der Waals surface area (Å²) in [6.45, 7) is 4.35. The number of aliphatic hydroxyl groups is 5. The fourth-order valence-corrected chi connectivity index (χ4v) is 11.5. The van der Waals surface area contributed by atoms with Crippen LogP contribution in [0, 0.1) is 0 Å². The molecule has 1 amide bonds. The Kier molecular flexibility index (Phi) is 59.4. The van der Waals surface area contributed by atoms with Crippen LogP contribution < -0.4 is 5.32 Å². The van der Waals surface area contributed by atoms with Crippen LogP contribution in [0.15, 0.2) is 36.5 Å². The van der Waals surface area contributed by atoms with Crippen molar-refractivity contribution < 1.29 is 49.3 Å². The number of aliphatic hydroxyl groups excluding tert-OH is 5. The molecule has 11 nitrogen and oxygen atoms in total. The molecule has 0 radical (unpaired) electrons. The van der Waals surface area contributed by atoms with Crippen molar-refractivity contribution in [2.75, 3.05) is 19.8 Å². The first-order valence-electron chi connectivity index (χ1n) is 36.3. The van der Waals surface area contributed by atoms with Gasteiger partial charge in [-0.3, -0.25) is 9.59 Å². The predicted molar refractivity (Wildman–Crippen MR) is 352 cm³/mol. The summed E-state index contributed by atoms with van der Waals surface area (Å²) in [6.07, 6.45) is 70.2. The smallest absolute Gasteiger partial charge is 0.305 e. The van der Waals surface area contributed by atoms with Crippen molar-refractivity contribution >= 4 is 11.9 Å². The van der Waals surface area contributed by atoms with Gasteiger partial charge in [-0.05, 0) is 64.2 Å². The molecule has 0 saturated carbocycles. The van der Waals surface area contributed by atoms with Crippen molar-refractivity contribution in [2.24, 2.45) is 0 Å². The number of unbranched alkanes of at least 4 members (excludes halogenated alkanes) is 46. The molecule has 0 spiro atoms. The molecule has 0 aliphatic carbocycles. The summed E-state index contributed by atoms with van der Waals surface area (Å²) in [5.74, 6) is -0.171. The number of esters is 1. The highest BCUT2D eigenvalue weighted by atomic mass is 16.7. The molecule has 0 aromatic carbocycles. The fourth-order valence-electron chi connectivity index (χ4n) is 11.5. The lowest BCUT2D eigenvalue weighted by molar-refractivity contribution is -0.302. The molecule has 1 saturated heterocycles. The van der Waals surface area contributed by atoms with Crippen molar-refractivity contribution in [3.63, 3.8) is 0 Å². The van der Waals surface area contributed by atoms with Gasteiger partial charge in [-0.15, -0.1) is 0 Å². The van der Waals surface area contributed by atoms with Gasteiger partial charge in [0.15, 0.2) is 6.29 Å². The number of rotatable bonds is 64. The number of nitrogens with one attached hydrogen (secondary N) is 1. The van der Waals surface area contributed by atoms with E-state index in [0.29, 0.717) is 19.4 Å². The van der Waals surface area contributed by atoms with E-state index in [1.54, 1.807) is 6.08 Å². The summed E-state index contributed by atoms with van der Waals surface area (Å²) in [6, 6.07) is -0.807. The van der Waals surface area contributed by atoms with Crippen LogP contribution in [0.25, 0.3) is 0 Å². The number of hydrogen-bond acceptors (Lipinski definition) is 10. The normalized spacial score (nSPS) is 18.2. The molecule has 1 aliphatic rings. The van der Waals surface area contributed by atoms with Crippen LogP contribution in [0.5, 0.6) is 0 Å². The van der Waals surface area contributed by atoms with Crippen LogP contribution >= 0.6 is 0 Å². The van der Waals surface area contributed by atoms with E-state index in [0.717, 1.165) is 57.8 Å². The minimum Gasteiger partial charge on any atom is -0.466 e. The third-order valence-corrected chi connectivity index (χ3v) is 17.2. The maximum atomic E-state index is 13.0. The first-order valence-corrected chi connectivity index (χ1v) is 36.3. The summed E-state index contributed by atoms with van der Waals surface area (Å²) >= 11 is 0. The first kappa shape index (κ1) is 79.9. The maximum Gasteiger partial charge on any atom is 0.305 e. The third kappa shape index (κ3) is 50.8. The number of carbonyl (C=O) groups excluding carboxylic acids is 2. The zero-order chi connectivity index (χ0) is 60.9. The molecule has 1 rings (SSSR count). The largest absolute Gasteiger partial charge is 0.466 e. The Morgan fingerprint density at radius 1 is 0.440 bits per heavy atom. The first-order chi connectivity index (χ1) is 41.2. The van der Waals surface area contributed by atoms with E-state index in [2.05, 4.69) is 43.5 Å². The average Bonchev–Trinajstić information content (AvgIpc) is 3.39. The number of carbonyl (C=O) groups is 2. The zero-order valence-corrected chi connectivity index (χ0v) is 54.9. The highest BCUT2D eigenvalue weighted by Crippen LogP contribution is 2.23. The topological polar surface area (TPSA) is 175 Å². The fraction of sp³-hybridized carbons (Fsp3) is 0.890. The van der Waals surface area contributed by atoms with Gasteiger partial charge in [-0.25, -0.2) is 0 Å². The Labute approximate surface area is 517 Å². The molecule has 11 heteroatoms. The van der Waals surface area contributed by atoms with Crippen molar-refractivity contribution in [1.82, 2.24) is 5.32 Å². The van der Waals surface area contributed by atoms with E-state index in [1.807, 2.05) is 6.08 Å². The monoisotopic (exact) mass is 1190 g/mol. The van der Waals surface area contributed by atoms with Gasteiger partial charge < -0.3 is 45.1 Å². The van der Waals surface area contributed by atoms with E-state index in [4.69, 9.17) is 14.2 Å². The molecular weight excluding hydrogens is 1050 g/mol. The summed E-state index contributed by atoms with van der Waals surface area (Å²) in [4.78, 5) is 25.1. The Morgan fingerprint density at radius 3 is 1.20 bits per heavy atom. The quantitative estimate of drug-likeness (QED) is 0.0195. The summed E-state index contributed by atoms with van der Waals surface area (Å²) in [5.41, 5.74) is 0. The van der Waals surface area contributed by atoms with Crippen LogP contribution in [0.3, 0.4) is 0 Å². The number of allylic oxidation sites excluding steroid dienone is 5. The van der Waals surface area contributed by atoms with Gasteiger partial charge >= 0.3 is 5.97 Å². The SMILES string of the molecule is CCCCCCCCC/C=C/C(O)C(COC1OC(CO)C(O)C(O)C1O)NC(=O)CCCCCCCCCCCCCCCCCCC/C=C\C/C=C\CCCCCCCCCCCOC(=O)CCCCCCCCCCCCCCCC. The van der Waals surface area contributed by atoms with E-state index in [-0.39, 0.29) is 18.5 Å². The van der Waals surface area contributed by atoms with Crippen molar-refractivity contribution in [1.29, 1.82) is 0 Å². The Bertz CT molecular complexity index is 1490. The molecule has 1 aliphatic heterocycles. The molecular formula is C73H137NO10. The molecule has 1 heterocycles. The van der Waals surface area contributed by atoms with E-state index < -0.39 is 49.5 Å². The number of hydrogen-bond donors (Lipinski definition) is 6. The van der Waals surface area contributed by atoms with Crippen molar-refractivity contribution in [3.8, 4) is 0 Å². The summed E-state index contributed by atoms with van der Waals surface area (Å²) in [7, 11) is 0. The predicted octanol–water partition coefficient (Wildman–Crippen LogP) is 18.6. The van der Waals surface area contributed by atoms with Crippen molar-refractivity contribution in [3.05, 3.63) is 36.5 Å². The molecule has 7 unspecified atom stereocenters. The van der Waals surface area contributed by atoms with Gasteiger partial charge in [0.1, 0.15) is 24.4 Å². The van der Waals surface area contributed by atoms with E-state index in [9.17, 15) is 35.1 Å². The van der Waals surface area contributed by atoms with Crippen LogP contribution in [0.2, 0.25) is 0 Å². The second-order valence-electron chi connectivity index (χ2n) is 25.3. The second kappa shape index (κ2) is 62.5. The Morgan fingerprint density at radius 2 is 0.798 bits per heavy atom. The van der Waals surface area contributed by atoms with Gasteiger partial charge in [-0.2, -0.15) is 0 Å². The Balaban J connectivity index is 1.91. The van der Waals surface area contributed by atoms with E-state index >= 15 is 0 Å². The molecule has 494 valence electrons. The molecule has 6 N–H and O–H groups in total. The van der Waals surface area contributed by atoms with Crippen LogP contribution in [0.4, 0.5) is 0 Å².